The number of aliphatic hydroxyl groups is 3. The maximum absolute atomic E-state index is 12.4. The highest BCUT2D eigenvalue weighted by Crippen LogP contribution is 2.28. The quantitative estimate of drug-likeness (QED) is 0.479. The van der Waals surface area contributed by atoms with Crippen molar-refractivity contribution in [2.24, 2.45) is 0 Å². The fourth-order valence-corrected chi connectivity index (χ4v) is 2.46. The smallest absolute Gasteiger partial charge is 0.412 e. The molecule has 1 amide bonds. The third kappa shape index (κ3) is 3.66. The second-order valence-electron chi connectivity index (χ2n) is 6.61. The van der Waals surface area contributed by atoms with Gasteiger partial charge in [0.1, 0.15) is 30.1 Å². The van der Waals surface area contributed by atoms with Crippen molar-refractivity contribution >= 4 is 6.09 Å². The summed E-state index contributed by atoms with van der Waals surface area (Å²) in [7, 11) is 0. The number of carbonyl (C=O) groups is 1. The molecule has 1 aliphatic rings. The molecule has 0 saturated carbocycles. The third-order valence-electron chi connectivity index (χ3n) is 3.52. The SMILES string of the molecule is CC(C)(C)OC(=O)N1C[C@H](O)[C@@H](O)[C@H](O)[C@H]1n1ccc(=O)[nH]c1=O. The summed E-state index contributed by atoms with van der Waals surface area (Å²) in [6, 6.07) is 1.04. The van der Waals surface area contributed by atoms with Gasteiger partial charge >= 0.3 is 11.8 Å². The van der Waals surface area contributed by atoms with Gasteiger partial charge in [0.25, 0.3) is 5.56 Å². The van der Waals surface area contributed by atoms with Crippen LogP contribution in [0.5, 0.6) is 0 Å². The van der Waals surface area contributed by atoms with Gasteiger partial charge in [-0.1, -0.05) is 0 Å². The zero-order chi connectivity index (χ0) is 18.2. The van der Waals surface area contributed by atoms with Gasteiger partial charge in [0.2, 0.25) is 0 Å². The van der Waals surface area contributed by atoms with Crippen LogP contribution in [0.3, 0.4) is 0 Å². The van der Waals surface area contributed by atoms with Crippen LogP contribution in [-0.2, 0) is 4.74 Å². The van der Waals surface area contributed by atoms with Crippen molar-refractivity contribution in [3.63, 3.8) is 0 Å². The molecule has 4 N–H and O–H groups in total. The molecule has 2 rings (SSSR count). The molecule has 0 aromatic carbocycles. The highest BCUT2D eigenvalue weighted by Gasteiger charge is 2.46. The number of rotatable bonds is 1. The van der Waals surface area contributed by atoms with Gasteiger partial charge in [-0.3, -0.25) is 19.2 Å². The predicted molar refractivity (Wildman–Crippen MR) is 81.3 cm³/mol. The molecule has 134 valence electrons. The van der Waals surface area contributed by atoms with E-state index in [4.69, 9.17) is 4.74 Å². The Morgan fingerprint density at radius 2 is 1.88 bits per heavy atom. The van der Waals surface area contributed by atoms with Crippen LogP contribution in [0.2, 0.25) is 0 Å². The molecule has 0 aliphatic carbocycles. The largest absolute Gasteiger partial charge is 0.444 e. The van der Waals surface area contributed by atoms with Crippen molar-refractivity contribution < 1.29 is 24.9 Å². The lowest BCUT2D eigenvalue weighted by molar-refractivity contribution is -0.152. The lowest BCUT2D eigenvalue weighted by Gasteiger charge is -2.44. The van der Waals surface area contributed by atoms with Crippen LogP contribution in [0, 0.1) is 0 Å². The first kappa shape index (κ1) is 18.2. The van der Waals surface area contributed by atoms with E-state index in [1.165, 1.54) is 0 Å². The highest BCUT2D eigenvalue weighted by atomic mass is 16.6. The Labute approximate surface area is 136 Å². The predicted octanol–water partition coefficient (Wildman–Crippen LogP) is -1.63. The molecular formula is C14H21N3O7. The van der Waals surface area contributed by atoms with Gasteiger partial charge in [0.15, 0.2) is 0 Å². The van der Waals surface area contributed by atoms with Crippen molar-refractivity contribution in [2.45, 2.75) is 50.8 Å². The molecule has 0 bridgehead atoms. The summed E-state index contributed by atoms with van der Waals surface area (Å²) in [6.45, 7) is 4.55. The average molecular weight is 343 g/mol. The first-order chi connectivity index (χ1) is 11.0. The number of aromatic nitrogens is 2. The summed E-state index contributed by atoms with van der Waals surface area (Å²) in [5, 5.41) is 30.0. The third-order valence-corrected chi connectivity index (χ3v) is 3.52. The van der Waals surface area contributed by atoms with E-state index in [1.807, 2.05) is 4.98 Å². The molecule has 1 aromatic rings. The van der Waals surface area contributed by atoms with Crippen molar-refractivity contribution in [3.05, 3.63) is 33.1 Å². The summed E-state index contributed by atoms with van der Waals surface area (Å²) in [6.07, 6.45) is -5.78. The number of piperidine rings is 1. The Hall–Kier alpha value is -2.17. The topological polar surface area (TPSA) is 145 Å². The number of amides is 1. The Balaban J connectivity index is 2.46. The van der Waals surface area contributed by atoms with E-state index in [2.05, 4.69) is 0 Å². The molecule has 2 heterocycles. The van der Waals surface area contributed by atoms with Crippen molar-refractivity contribution in [1.29, 1.82) is 0 Å². The number of aromatic amines is 1. The summed E-state index contributed by atoms with van der Waals surface area (Å²) in [5.74, 6) is 0. The Bertz CT molecular complexity index is 720. The molecule has 1 saturated heterocycles. The van der Waals surface area contributed by atoms with E-state index in [9.17, 15) is 29.7 Å². The van der Waals surface area contributed by atoms with Crippen LogP contribution >= 0.6 is 0 Å². The number of β-amino-alcohol motifs (C(OH)–C–C–N with tert-alkyl or cyclic N) is 1. The number of hydrogen-bond acceptors (Lipinski definition) is 7. The van der Waals surface area contributed by atoms with Crippen LogP contribution in [-0.4, -0.2) is 66.3 Å². The Kier molecular flexibility index (Phi) is 4.83. The fraction of sp³-hybridized carbons (Fsp3) is 0.643. The summed E-state index contributed by atoms with van der Waals surface area (Å²) >= 11 is 0. The second kappa shape index (κ2) is 6.38. The molecule has 4 atom stereocenters. The Morgan fingerprint density at radius 3 is 2.42 bits per heavy atom. The minimum absolute atomic E-state index is 0.358. The van der Waals surface area contributed by atoms with Crippen LogP contribution in [0.15, 0.2) is 21.9 Å². The highest BCUT2D eigenvalue weighted by molar-refractivity contribution is 5.68. The van der Waals surface area contributed by atoms with Crippen LogP contribution in [0.1, 0.15) is 26.9 Å². The van der Waals surface area contributed by atoms with Crippen molar-refractivity contribution in [2.75, 3.05) is 6.54 Å². The number of hydrogen-bond donors (Lipinski definition) is 4. The summed E-state index contributed by atoms with van der Waals surface area (Å²) in [5.41, 5.74) is -2.36. The molecule has 24 heavy (non-hydrogen) atoms. The second-order valence-corrected chi connectivity index (χ2v) is 6.61. The van der Waals surface area contributed by atoms with Crippen LogP contribution in [0.25, 0.3) is 0 Å². The van der Waals surface area contributed by atoms with E-state index in [0.29, 0.717) is 0 Å². The monoisotopic (exact) mass is 343 g/mol. The molecule has 10 heteroatoms. The van der Waals surface area contributed by atoms with Crippen LogP contribution < -0.4 is 11.2 Å². The van der Waals surface area contributed by atoms with Crippen molar-refractivity contribution in [1.82, 2.24) is 14.5 Å². The average Bonchev–Trinajstić information content (AvgIpc) is 2.44. The lowest BCUT2D eigenvalue weighted by Crippen LogP contribution is -2.62. The van der Waals surface area contributed by atoms with E-state index in [1.54, 1.807) is 20.8 Å². The fourth-order valence-electron chi connectivity index (χ4n) is 2.46. The number of H-pyrrole nitrogens is 1. The number of likely N-dealkylation sites (tertiary alicyclic amines) is 1. The van der Waals surface area contributed by atoms with E-state index in [0.717, 1.165) is 21.7 Å². The van der Waals surface area contributed by atoms with Crippen molar-refractivity contribution in [3.8, 4) is 0 Å². The molecule has 10 nitrogen and oxygen atoms in total. The van der Waals surface area contributed by atoms with Gasteiger partial charge in [-0.2, -0.15) is 0 Å². The molecule has 1 fully saturated rings. The zero-order valence-electron chi connectivity index (χ0n) is 13.5. The molecule has 0 radical (unpaired) electrons. The molecule has 0 unspecified atom stereocenters. The normalized spacial score (nSPS) is 27.8. The molecule has 1 aromatic heterocycles. The van der Waals surface area contributed by atoms with Gasteiger partial charge in [-0.05, 0) is 20.8 Å². The standard InChI is InChI=1S/C14H21N3O7/c1-14(2,3)24-13(23)17-6-7(18)9(20)10(21)11(17)16-5-4-8(19)15-12(16)22/h4-5,7,9-11,18,20-21H,6H2,1-3H3,(H,15,19,22)/t7-,9+,10-,11-/m0/s1. The van der Waals surface area contributed by atoms with E-state index < -0.39 is 47.4 Å². The summed E-state index contributed by atoms with van der Waals surface area (Å²) in [4.78, 5) is 38.5. The number of aliphatic hydroxyl groups excluding tert-OH is 3. The minimum atomic E-state index is -1.66. The summed E-state index contributed by atoms with van der Waals surface area (Å²) < 4.78 is 6.11. The molecule has 1 aliphatic heterocycles. The van der Waals surface area contributed by atoms with Gasteiger partial charge < -0.3 is 20.1 Å². The lowest BCUT2D eigenvalue weighted by atomic mass is 9.98. The van der Waals surface area contributed by atoms with Crippen LogP contribution in [0.4, 0.5) is 4.79 Å². The van der Waals surface area contributed by atoms with E-state index in [-0.39, 0.29) is 6.54 Å². The van der Waals surface area contributed by atoms with Gasteiger partial charge in [0, 0.05) is 12.3 Å². The molecular weight excluding hydrogens is 322 g/mol. The zero-order valence-corrected chi connectivity index (χ0v) is 13.5. The maximum Gasteiger partial charge on any atom is 0.412 e. The van der Waals surface area contributed by atoms with E-state index >= 15 is 0 Å². The number of nitrogens with zero attached hydrogens (tertiary/aromatic N) is 2. The number of carbonyl (C=O) groups excluding carboxylic acids is 1. The van der Waals surface area contributed by atoms with Gasteiger partial charge in [-0.15, -0.1) is 0 Å². The molecule has 0 spiro atoms. The number of ether oxygens (including phenoxy) is 1. The first-order valence-corrected chi connectivity index (χ1v) is 7.36. The van der Waals surface area contributed by atoms with Gasteiger partial charge in [0.05, 0.1) is 6.54 Å². The minimum Gasteiger partial charge on any atom is -0.444 e. The Morgan fingerprint density at radius 1 is 1.25 bits per heavy atom. The van der Waals surface area contributed by atoms with Gasteiger partial charge in [-0.25, -0.2) is 9.59 Å². The maximum atomic E-state index is 12.4. The number of nitrogens with one attached hydrogen (secondary N) is 1. The first-order valence-electron chi connectivity index (χ1n) is 7.36.